The lowest BCUT2D eigenvalue weighted by molar-refractivity contribution is -0.137. The molecule has 0 aliphatic carbocycles. The van der Waals surface area contributed by atoms with Gasteiger partial charge in [0.25, 0.3) is 0 Å². The van der Waals surface area contributed by atoms with Crippen LogP contribution < -0.4 is 4.90 Å². The Morgan fingerprint density at radius 3 is 2.45 bits per heavy atom. The third-order valence-electron chi connectivity index (χ3n) is 2.68. The molecule has 0 radical (unpaired) electrons. The summed E-state index contributed by atoms with van der Waals surface area (Å²) in [5.74, 6) is 0.454. The highest BCUT2D eigenvalue weighted by atomic mass is 79.9. The molecule has 106 valence electrons. The van der Waals surface area contributed by atoms with Crippen LogP contribution in [-0.4, -0.2) is 17.0 Å². The van der Waals surface area contributed by atoms with Crippen LogP contribution in [0.25, 0.3) is 0 Å². The van der Waals surface area contributed by atoms with Gasteiger partial charge in [0.15, 0.2) is 0 Å². The number of alkyl halides is 3. The minimum Gasteiger partial charge on any atom is -0.354 e. The number of hydrogen-bond acceptors (Lipinski definition) is 3. The fourth-order valence-corrected chi connectivity index (χ4v) is 2.36. The molecule has 0 N–H and O–H groups in total. The highest BCUT2D eigenvalue weighted by Gasteiger charge is 2.31. The van der Waals surface area contributed by atoms with E-state index < -0.39 is 11.7 Å². The summed E-state index contributed by atoms with van der Waals surface area (Å²) in [5, 5.41) is 0. The maximum atomic E-state index is 12.6. The Morgan fingerprint density at radius 1 is 1.25 bits per heavy atom. The van der Waals surface area contributed by atoms with E-state index in [0.717, 1.165) is 17.8 Å². The van der Waals surface area contributed by atoms with Gasteiger partial charge in [-0.3, -0.25) is 4.98 Å². The molecule has 20 heavy (non-hydrogen) atoms. The quantitative estimate of drug-likeness (QED) is 0.844. The lowest BCUT2D eigenvalue weighted by atomic mass is 10.2. The summed E-state index contributed by atoms with van der Waals surface area (Å²) < 4.78 is 38.0. The van der Waals surface area contributed by atoms with Crippen LogP contribution in [0.1, 0.15) is 11.1 Å². The summed E-state index contributed by atoms with van der Waals surface area (Å²) in [6.45, 7) is 0.527. The van der Waals surface area contributed by atoms with Crippen molar-refractivity contribution in [1.82, 2.24) is 9.97 Å². The van der Waals surface area contributed by atoms with Crippen LogP contribution in [0.4, 0.5) is 19.0 Å². The number of halogens is 4. The zero-order chi connectivity index (χ0) is 14.8. The van der Waals surface area contributed by atoms with Crippen LogP contribution in [0, 0.1) is 0 Å². The second kappa shape index (κ2) is 5.78. The molecular weight excluding hydrogens is 335 g/mol. The molecule has 2 heterocycles. The van der Waals surface area contributed by atoms with Gasteiger partial charge in [-0.15, -0.1) is 0 Å². The number of hydrogen-bond donors (Lipinski definition) is 0. The molecule has 3 nitrogen and oxygen atoms in total. The van der Waals surface area contributed by atoms with Crippen molar-refractivity contribution >= 4 is 21.7 Å². The van der Waals surface area contributed by atoms with E-state index in [0.29, 0.717) is 16.8 Å². The highest BCUT2D eigenvalue weighted by Crippen LogP contribution is 2.33. The predicted molar refractivity (Wildman–Crippen MR) is 73.3 cm³/mol. The predicted octanol–water partition coefficient (Wildman–Crippen LogP) is 3.89. The molecule has 0 aliphatic heterocycles. The second-order valence-electron chi connectivity index (χ2n) is 4.24. The van der Waals surface area contributed by atoms with Crippen molar-refractivity contribution in [1.29, 1.82) is 0 Å². The van der Waals surface area contributed by atoms with Crippen molar-refractivity contribution < 1.29 is 13.2 Å². The van der Waals surface area contributed by atoms with Gasteiger partial charge in [-0.05, 0) is 39.7 Å². The van der Waals surface area contributed by atoms with Crippen LogP contribution in [-0.2, 0) is 12.7 Å². The number of nitrogens with zero attached hydrogens (tertiary/aromatic N) is 3. The normalized spacial score (nSPS) is 11.4. The van der Waals surface area contributed by atoms with Gasteiger partial charge in [0.2, 0.25) is 0 Å². The van der Waals surface area contributed by atoms with Gasteiger partial charge in [0.05, 0.1) is 10.0 Å². The van der Waals surface area contributed by atoms with Crippen molar-refractivity contribution in [3.05, 3.63) is 52.4 Å². The standard InChI is InChI=1S/C13H11BrF3N3/c1-20(8-9-2-4-18-5-3-9)12-11(14)6-10(7-19-12)13(15,16)17/h2-7H,8H2,1H3. The van der Waals surface area contributed by atoms with E-state index in [9.17, 15) is 13.2 Å². The first kappa shape index (κ1) is 14.8. The van der Waals surface area contributed by atoms with E-state index in [-0.39, 0.29) is 0 Å². The SMILES string of the molecule is CN(Cc1ccncc1)c1ncc(C(F)(F)F)cc1Br. The Hall–Kier alpha value is -1.63. The van der Waals surface area contributed by atoms with Gasteiger partial charge < -0.3 is 4.90 Å². The largest absolute Gasteiger partial charge is 0.417 e. The number of anilines is 1. The van der Waals surface area contributed by atoms with E-state index in [2.05, 4.69) is 25.9 Å². The number of aromatic nitrogens is 2. The number of pyridine rings is 2. The van der Waals surface area contributed by atoms with E-state index in [4.69, 9.17) is 0 Å². The van der Waals surface area contributed by atoms with E-state index in [1.54, 1.807) is 24.3 Å². The van der Waals surface area contributed by atoms with Crippen LogP contribution in [0.3, 0.4) is 0 Å². The average molecular weight is 346 g/mol. The molecule has 0 bridgehead atoms. The second-order valence-corrected chi connectivity index (χ2v) is 5.09. The van der Waals surface area contributed by atoms with Gasteiger partial charge in [-0.1, -0.05) is 0 Å². The third-order valence-corrected chi connectivity index (χ3v) is 3.26. The molecule has 0 amide bonds. The first-order valence-electron chi connectivity index (χ1n) is 5.70. The molecule has 0 saturated carbocycles. The van der Waals surface area contributed by atoms with E-state index in [1.807, 2.05) is 12.1 Å². The smallest absolute Gasteiger partial charge is 0.354 e. The lowest BCUT2D eigenvalue weighted by Crippen LogP contribution is -2.19. The summed E-state index contributed by atoms with van der Waals surface area (Å²) in [6, 6.07) is 4.72. The molecule has 0 spiro atoms. The average Bonchev–Trinajstić information content (AvgIpc) is 2.38. The molecule has 0 fully saturated rings. The molecular formula is C13H11BrF3N3. The van der Waals surface area contributed by atoms with Gasteiger partial charge in [-0.2, -0.15) is 13.2 Å². The summed E-state index contributed by atoms with van der Waals surface area (Å²) in [4.78, 5) is 9.56. The van der Waals surface area contributed by atoms with Gasteiger partial charge in [0, 0.05) is 32.2 Å². The first-order valence-corrected chi connectivity index (χ1v) is 6.50. The summed E-state index contributed by atoms with van der Waals surface area (Å²) in [6.07, 6.45) is -0.225. The van der Waals surface area contributed by atoms with Gasteiger partial charge >= 0.3 is 6.18 Å². The molecule has 7 heteroatoms. The molecule has 0 saturated heterocycles. The summed E-state index contributed by atoms with van der Waals surface area (Å²) >= 11 is 3.14. The zero-order valence-electron chi connectivity index (χ0n) is 10.5. The van der Waals surface area contributed by atoms with E-state index in [1.165, 1.54) is 0 Å². The molecule has 2 aromatic rings. The number of rotatable bonds is 3. The Balaban J connectivity index is 2.21. The molecule has 0 aromatic carbocycles. The lowest BCUT2D eigenvalue weighted by Gasteiger charge is -2.20. The van der Waals surface area contributed by atoms with Crippen LogP contribution in [0.5, 0.6) is 0 Å². The van der Waals surface area contributed by atoms with Gasteiger partial charge in [-0.25, -0.2) is 4.98 Å². The summed E-state index contributed by atoms with van der Waals surface area (Å²) in [7, 11) is 1.76. The van der Waals surface area contributed by atoms with Crippen molar-refractivity contribution in [3.8, 4) is 0 Å². The molecule has 0 aliphatic rings. The Kier molecular flexibility index (Phi) is 4.27. The zero-order valence-corrected chi connectivity index (χ0v) is 12.1. The highest BCUT2D eigenvalue weighted by molar-refractivity contribution is 9.10. The Morgan fingerprint density at radius 2 is 1.90 bits per heavy atom. The maximum Gasteiger partial charge on any atom is 0.417 e. The topological polar surface area (TPSA) is 29.0 Å². The van der Waals surface area contributed by atoms with Crippen LogP contribution in [0.2, 0.25) is 0 Å². The molecule has 0 atom stereocenters. The maximum absolute atomic E-state index is 12.6. The van der Waals surface area contributed by atoms with Crippen molar-refractivity contribution in [3.63, 3.8) is 0 Å². The fourth-order valence-electron chi connectivity index (χ4n) is 1.70. The first-order chi connectivity index (χ1) is 9.38. The third kappa shape index (κ3) is 3.47. The Bertz CT molecular complexity index is 587. The Labute approximate surface area is 122 Å². The van der Waals surface area contributed by atoms with Crippen molar-refractivity contribution in [2.75, 3.05) is 11.9 Å². The minimum atomic E-state index is -4.39. The van der Waals surface area contributed by atoms with Crippen molar-refractivity contribution in [2.24, 2.45) is 0 Å². The van der Waals surface area contributed by atoms with Crippen LogP contribution >= 0.6 is 15.9 Å². The molecule has 2 rings (SSSR count). The van der Waals surface area contributed by atoms with E-state index >= 15 is 0 Å². The van der Waals surface area contributed by atoms with Crippen molar-refractivity contribution in [2.45, 2.75) is 12.7 Å². The van der Waals surface area contributed by atoms with Crippen LogP contribution in [0.15, 0.2) is 41.3 Å². The monoisotopic (exact) mass is 345 g/mol. The van der Waals surface area contributed by atoms with Gasteiger partial charge in [0.1, 0.15) is 5.82 Å². The molecule has 0 unspecified atom stereocenters. The fraction of sp³-hybridized carbons (Fsp3) is 0.231. The minimum absolute atomic E-state index is 0.309. The summed E-state index contributed by atoms with van der Waals surface area (Å²) in [5.41, 5.74) is 0.224. The molecule has 2 aromatic heterocycles.